The fourth-order valence-corrected chi connectivity index (χ4v) is 3.84. The molecule has 3 rings (SSSR count). The first-order valence-corrected chi connectivity index (χ1v) is 8.89. The van der Waals surface area contributed by atoms with Crippen molar-refractivity contribution in [2.45, 2.75) is 38.1 Å². The molecule has 116 valence electrons. The third-order valence-corrected chi connectivity index (χ3v) is 5.35. The van der Waals surface area contributed by atoms with Gasteiger partial charge in [0.2, 0.25) is 0 Å². The summed E-state index contributed by atoms with van der Waals surface area (Å²) in [6.07, 6.45) is 5.94. The maximum absolute atomic E-state index is 12.6. The minimum atomic E-state index is 0.0390. The number of hydrogen-bond donors (Lipinski definition) is 0. The van der Waals surface area contributed by atoms with E-state index >= 15 is 0 Å². The third kappa shape index (κ3) is 3.33. The van der Waals surface area contributed by atoms with Gasteiger partial charge in [0.1, 0.15) is 0 Å². The second kappa shape index (κ2) is 6.80. The normalized spacial score (nSPS) is 15.7. The van der Waals surface area contributed by atoms with Crippen LogP contribution in [0.4, 0.5) is 0 Å². The van der Waals surface area contributed by atoms with E-state index in [1.165, 1.54) is 30.6 Å². The number of halogens is 1. The largest absolute Gasteiger partial charge is 0.337 e. The van der Waals surface area contributed by atoms with Crippen molar-refractivity contribution in [3.8, 4) is 11.3 Å². The van der Waals surface area contributed by atoms with Gasteiger partial charge in [0.05, 0.1) is 5.69 Å². The van der Waals surface area contributed by atoms with Gasteiger partial charge in [-0.3, -0.25) is 4.79 Å². The molecule has 0 N–H and O–H groups in total. The van der Waals surface area contributed by atoms with Crippen molar-refractivity contribution in [3.63, 3.8) is 0 Å². The Morgan fingerprint density at radius 1 is 1.23 bits per heavy atom. The van der Waals surface area contributed by atoms with Crippen LogP contribution < -0.4 is 0 Å². The summed E-state index contributed by atoms with van der Waals surface area (Å²) in [5.74, 6) is 0.0390. The quantitative estimate of drug-likeness (QED) is 0.802. The summed E-state index contributed by atoms with van der Waals surface area (Å²) >= 11 is 7.32. The number of nitrogens with zero attached hydrogens (tertiary/aromatic N) is 2. The monoisotopic (exact) mass is 334 g/mol. The van der Waals surface area contributed by atoms with Crippen LogP contribution in [-0.4, -0.2) is 28.9 Å². The van der Waals surface area contributed by atoms with Gasteiger partial charge >= 0.3 is 0 Å². The number of amides is 1. The molecule has 22 heavy (non-hydrogen) atoms. The van der Waals surface area contributed by atoms with Crippen molar-refractivity contribution in [1.29, 1.82) is 0 Å². The molecule has 0 saturated heterocycles. The van der Waals surface area contributed by atoms with Gasteiger partial charge < -0.3 is 4.90 Å². The summed E-state index contributed by atoms with van der Waals surface area (Å²) in [6, 6.07) is 7.90. The molecule has 0 aliphatic heterocycles. The molecule has 0 atom stereocenters. The van der Waals surface area contributed by atoms with Gasteiger partial charge in [0, 0.05) is 29.1 Å². The Kier molecular flexibility index (Phi) is 4.79. The lowest BCUT2D eigenvalue weighted by Gasteiger charge is -2.30. The molecule has 0 unspecified atom stereocenters. The molecular formula is C17H19ClN2OS. The van der Waals surface area contributed by atoms with Gasteiger partial charge in [-0.1, -0.05) is 43.0 Å². The molecular weight excluding hydrogens is 316 g/mol. The molecule has 3 nitrogen and oxygen atoms in total. The highest BCUT2D eigenvalue weighted by Gasteiger charge is 2.24. The Hall–Kier alpha value is -1.39. The van der Waals surface area contributed by atoms with Gasteiger partial charge in [-0.15, -0.1) is 11.3 Å². The summed E-state index contributed by atoms with van der Waals surface area (Å²) < 4.78 is 0. The van der Waals surface area contributed by atoms with E-state index in [0.29, 0.717) is 16.1 Å². The molecule has 0 radical (unpaired) electrons. The number of hydrogen-bond acceptors (Lipinski definition) is 3. The molecule has 2 aromatic rings. The lowest BCUT2D eigenvalue weighted by molar-refractivity contribution is 0.0696. The topological polar surface area (TPSA) is 33.2 Å². The highest BCUT2D eigenvalue weighted by Crippen LogP contribution is 2.26. The molecule has 1 heterocycles. The first-order valence-electron chi connectivity index (χ1n) is 7.64. The van der Waals surface area contributed by atoms with Crippen molar-refractivity contribution >= 4 is 28.8 Å². The average Bonchev–Trinajstić information content (AvgIpc) is 3.05. The number of aromatic nitrogens is 1. The van der Waals surface area contributed by atoms with Crippen molar-refractivity contribution in [2.75, 3.05) is 7.05 Å². The summed E-state index contributed by atoms with van der Waals surface area (Å²) in [4.78, 5) is 19.0. The maximum Gasteiger partial charge on any atom is 0.282 e. The van der Waals surface area contributed by atoms with Gasteiger partial charge in [-0.2, -0.15) is 0 Å². The highest BCUT2D eigenvalue weighted by atomic mass is 35.5. The number of benzene rings is 1. The zero-order valence-electron chi connectivity index (χ0n) is 12.6. The van der Waals surface area contributed by atoms with Crippen molar-refractivity contribution in [2.24, 2.45) is 0 Å². The lowest BCUT2D eigenvalue weighted by Crippen LogP contribution is -2.38. The van der Waals surface area contributed by atoms with Gasteiger partial charge in [0.15, 0.2) is 5.01 Å². The number of thiazole rings is 1. The summed E-state index contributed by atoms with van der Waals surface area (Å²) in [6.45, 7) is 0. The average molecular weight is 335 g/mol. The van der Waals surface area contributed by atoms with E-state index in [9.17, 15) is 4.79 Å². The fourth-order valence-electron chi connectivity index (χ4n) is 2.91. The van der Waals surface area contributed by atoms with Crippen LogP contribution >= 0.6 is 22.9 Å². The predicted octanol–water partition coefficient (Wildman–Crippen LogP) is 4.87. The molecule has 1 saturated carbocycles. The van der Waals surface area contributed by atoms with Crippen LogP contribution in [0, 0.1) is 0 Å². The van der Waals surface area contributed by atoms with Crippen molar-refractivity contribution < 1.29 is 4.79 Å². The Morgan fingerprint density at radius 2 is 1.91 bits per heavy atom. The molecule has 1 aliphatic rings. The van der Waals surface area contributed by atoms with E-state index in [1.54, 1.807) is 0 Å². The fraction of sp³-hybridized carbons (Fsp3) is 0.412. The number of rotatable bonds is 3. The molecule has 0 spiro atoms. The predicted molar refractivity (Wildman–Crippen MR) is 91.5 cm³/mol. The van der Waals surface area contributed by atoms with Gasteiger partial charge in [-0.25, -0.2) is 4.98 Å². The minimum Gasteiger partial charge on any atom is -0.337 e. The molecule has 1 amide bonds. The van der Waals surface area contributed by atoms with Crippen LogP contribution in [0.5, 0.6) is 0 Å². The smallest absolute Gasteiger partial charge is 0.282 e. The number of carbonyl (C=O) groups excluding carboxylic acids is 1. The van der Waals surface area contributed by atoms with E-state index in [-0.39, 0.29) is 5.91 Å². The zero-order chi connectivity index (χ0) is 15.5. The van der Waals surface area contributed by atoms with Crippen molar-refractivity contribution in [3.05, 3.63) is 39.7 Å². The van der Waals surface area contributed by atoms with Crippen LogP contribution in [0.1, 0.15) is 41.9 Å². The second-order valence-electron chi connectivity index (χ2n) is 5.75. The molecule has 1 aliphatic carbocycles. The molecule has 1 aromatic carbocycles. The molecule has 5 heteroatoms. The van der Waals surface area contributed by atoms with Crippen LogP contribution in [0.2, 0.25) is 5.02 Å². The van der Waals surface area contributed by atoms with Gasteiger partial charge in [-0.05, 0) is 25.0 Å². The summed E-state index contributed by atoms with van der Waals surface area (Å²) in [5, 5.41) is 3.20. The number of carbonyl (C=O) groups is 1. The first-order chi connectivity index (χ1) is 10.6. The van der Waals surface area contributed by atoms with E-state index in [2.05, 4.69) is 4.98 Å². The summed E-state index contributed by atoms with van der Waals surface area (Å²) in [7, 11) is 1.90. The second-order valence-corrected chi connectivity index (χ2v) is 7.05. The van der Waals surface area contributed by atoms with E-state index in [0.717, 1.165) is 24.1 Å². The maximum atomic E-state index is 12.6. The SMILES string of the molecule is CN(C(=O)c1nc(-c2ccc(Cl)cc2)cs1)C1CCCCC1. The van der Waals surface area contributed by atoms with E-state index in [1.807, 2.05) is 41.6 Å². The molecule has 1 fully saturated rings. The van der Waals surface area contributed by atoms with Gasteiger partial charge in [0.25, 0.3) is 5.91 Å². The highest BCUT2D eigenvalue weighted by molar-refractivity contribution is 7.12. The zero-order valence-corrected chi connectivity index (χ0v) is 14.2. The first kappa shape index (κ1) is 15.5. The van der Waals surface area contributed by atoms with Crippen molar-refractivity contribution in [1.82, 2.24) is 9.88 Å². The minimum absolute atomic E-state index is 0.0390. The Bertz CT molecular complexity index is 647. The lowest BCUT2D eigenvalue weighted by atomic mass is 9.94. The summed E-state index contributed by atoms with van der Waals surface area (Å²) in [5.41, 5.74) is 1.82. The van der Waals surface area contributed by atoms with E-state index < -0.39 is 0 Å². The van der Waals surface area contributed by atoms with Crippen LogP contribution in [0.3, 0.4) is 0 Å². The molecule has 0 bridgehead atoms. The Balaban J connectivity index is 1.75. The Labute approximate surface area is 139 Å². The Morgan fingerprint density at radius 3 is 2.59 bits per heavy atom. The van der Waals surface area contributed by atoms with Crippen LogP contribution in [0.15, 0.2) is 29.6 Å². The molecule has 1 aromatic heterocycles. The standard InChI is InChI=1S/C17H19ClN2OS/c1-20(14-5-3-2-4-6-14)17(21)16-19-15(11-22-16)12-7-9-13(18)10-8-12/h7-11,14H,2-6H2,1H3. The van der Waals surface area contributed by atoms with Crippen LogP contribution in [-0.2, 0) is 0 Å². The third-order valence-electron chi connectivity index (χ3n) is 4.27. The van der Waals surface area contributed by atoms with E-state index in [4.69, 9.17) is 11.6 Å². The van der Waals surface area contributed by atoms with Crippen LogP contribution in [0.25, 0.3) is 11.3 Å².